The Kier molecular flexibility index (Phi) is 5.35. The zero-order valence-electron chi connectivity index (χ0n) is 17.8. The first kappa shape index (κ1) is 20.6. The number of hydrogen-bond donors (Lipinski definition) is 0. The Balaban J connectivity index is 1.30. The van der Waals surface area contributed by atoms with Crippen molar-refractivity contribution >= 4 is 5.91 Å². The van der Waals surface area contributed by atoms with Gasteiger partial charge in [-0.25, -0.2) is 4.39 Å². The predicted molar refractivity (Wildman–Crippen MR) is 119 cm³/mol. The molecule has 2 saturated heterocycles. The normalized spacial score (nSPS) is 20.8. The van der Waals surface area contributed by atoms with Crippen molar-refractivity contribution in [1.82, 2.24) is 19.6 Å². The van der Waals surface area contributed by atoms with Crippen LogP contribution in [0.25, 0.3) is 5.69 Å². The molecular weight excluding hydrogens is 407 g/mol. The molecule has 2 aliphatic heterocycles. The average molecular weight is 432 g/mol. The molecule has 2 fully saturated rings. The molecule has 7 heteroatoms. The minimum atomic E-state index is -0.559. The molecule has 0 aliphatic carbocycles. The smallest absolute Gasteiger partial charge is 0.274 e. The Morgan fingerprint density at radius 3 is 2.50 bits per heavy atom. The molecule has 3 heterocycles. The Hall–Kier alpha value is -3.32. The van der Waals surface area contributed by atoms with Crippen LogP contribution in [0, 0.1) is 11.2 Å². The van der Waals surface area contributed by atoms with Crippen LogP contribution in [0.2, 0.25) is 0 Å². The van der Waals surface area contributed by atoms with E-state index < -0.39 is 11.4 Å². The number of amides is 1. The van der Waals surface area contributed by atoms with Gasteiger partial charge in [-0.1, -0.05) is 42.5 Å². The second-order valence-corrected chi connectivity index (χ2v) is 8.84. The van der Waals surface area contributed by atoms with Gasteiger partial charge in [-0.15, -0.1) is 0 Å². The van der Waals surface area contributed by atoms with E-state index in [1.54, 1.807) is 12.1 Å². The number of carbonyl (C=O) groups is 1. The molecule has 164 valence electrons. The number of carbonyl (C=O) groups excluding carboxylic acids is 1. The van der Waals surface area contributed by atoms with Gasteiger partial charge in [0.2, 0.25) is 0 Å². The van der Waals surface area contributed by atoms with Crippen molar-refractivity contribution in [2.45, 2.75) is 19.4 Å². The highest BCUT2D eigenvalue weighted by Gasteiger charge is 2.44. The van der Waals surface area contributed by atoms with Crippen LogP contribution < -0.4 is 5.56 Å². The maximum atomic E-state index is 14.2. The number of halogens is 1. The van der Waals surface area contributed by atoms with E-state index in [0.29, 0.717) is 13.1 Å². The standard InChI is InChI=1S/C25H25FN4O2/c26-20-8-4-5-9-22(20)30-23(31)11-10-21(27-30)24(32)29-15-13-25(18-29)12-14-28(17-25)16-19-6-2-1-3-7-19/h1-11H,12-18H2. The van der Waals surface area contributed by atoms with E-state index in [4.69, 9.17) is 0 Å². The molecule has 1 aromatic heterocycles. The lowest BCUT2D eigenvalue weighted by atomic mass is 9.86. The van der Waals surface area contributed by atoms with Crippen LogP contribution in [-0.4, -0.2) is 51.7 Å². The summed E-state index contributed by atoms with van der Waals surface area (Å²) in [6, 6.07) is 19.1. The fourth-order valence-corrected chi connectivity index (χ4v) is 4.93. The van der Waals surface area contributed by atoms with Gasteiger partial charge >= 0.3 is 0 Å². The lowest BCUT2D eigenvalue weighted by molar-refractivity contribution is 0.0765. The summed E-state index contributed by atoms with van der Waals surface area (Å²) >= 11 is 0. The largest absolute Gasteiger partial charge is 0.337 e. The molecule has 1 atom stereocenters. The van der Waals surface area contributed by atoms with Gasteiger partial charge in [-0.05, 0) is 43.1 Å². The van der Waals surface area contributed by atoms with E-state index in [9.17, 15) is 14.0 Å². The van der Waals surface area contributed by atoms with Crippen molar-refractivity contribution in [1.29, 1.82) is 0 Å². The molecule has 5 rings (SSSR count). The van der Waals surface area contributed by atoms with Crippen LogP contribution >= 0.6 is 0 Å². The summed E-state index contributed by atoms with van der Waals surface area (Å²) in [7, 11) is 0. The van der Waals surface area contributed by atoms with E-state index in [-0.39, 0.29) is 22.7 Å². The summed E-state index contributed by atoms with van der Waals surface area (Å²) in [5, 5.41) is 4.20. The van der Waals surface area contributed by atoms with Crippen LogP contribution in [0.1, 0.15) is 28.9 Å². The first-order valence-electron chi connectivity index (χ1n) is 10.9. The van der Waals surface area contributed by atoms with Gasteiger partial charge in [0.15, 0.2) is 0 Å². The molecule has 2 aromatic carbocycles. The monoisotopic (exact) mass is 432 g/mol. The highest BCUT2D eigenvalue weighted by Crippen LogP contribution is 2.40. The Bertz CT molecular complexity index is 1200. The summed E-state index contributed by atoms with van der Waals surface area (Å²) in [6.45, 7) is 4.25. The Morgan fingerprint density at radius 1 is 0.938 bits per heavy atom. The molecule has 2 aliphatic rings. The molecule has 1 amide bonds. The number of nitrogens with zero attached hydrogens (tertiary/aromatic N) is 4. The van der Waals surface area contributed by atoms with E-state index in [1.165, 1.54) is 29.8 Å². The van der Waals surface area contributed by atoms with Crippen molar-refractivity contribution < 1.29 is 9.18 Å². The molecule has 0 saturated carbocycles. The number of rotatable bonds is 4. The topological polar surface area (TPSA) is 58.4 Å². The average Bonchev–Trinajstić information content (AvgIpc) is 3.41. The minimum Gasteiger partial charge on any atom is -0.337 e. The minimum absolute atomic E-state index is 0.0392. The van der Waals surface area contributed by atoms with Crippen molar-refractivity contribution in [3.8, 4) is 5.69 Å². The van der Waals surface area contributed by atoms with E-state index in [0.717, 1.165) is 37.2 Å². The highest BCUT2D eigenvalue weighted by atomic mass is 19.1. The van der Waals surface area contributed by atoms with Gasteiger partial charge < -0.3 is 4.90 Å². The van der Waals surface area contributed by atoms with Crippen LogP contribution in [0.3, 0.4) is 0 Å². The molecule has 0 radical (unpaired) electrons. The molecular formula is C25H25FN4O2. The van der Waals surface area contributed by atoms with Gasteiger partial charge in [-0.3, -0.25) is 14.5 Å². The lowest BCUT2D eigenvalue weighted by Gasteiger charge is -2.25. The maximum absolute atomic E-state index is 14.2. The number of likely N-dealkylation sites (tertiary alicyclic amines) is 2. The van der Waals surface area contributed by atoms with E-state index in [1.807, 2.05) is 11.0 Å². The lowest BCUT2D eigenvalue weighted by Crippen LogP contribution is -2.35. The number of para-hydroxylation sites is 1. The third-order valence-corrected chi connectivity index (χ3v) is 6.59. The third kappa shape index (κ3) is 3.96. The second-order valence-electron chi connectivity index (χ2n) is 8.84. The fourth-order valence-electron chi connectivity index (χ4n) is 4.93. The molecule has 6 nitrogen and oxygen atoms in total. The third-order valence-electron chi connectivity index (χ3n) is 6.59. The summed E-state index contributed by atoms with van der Waals surface area (Å²) < 4.78 is 15.1. The number of aromatic nitrogens is 2. The number of hydrogen-bond acceptors (Lipinski definition) is 4. The van der Waals surface area contributed by atoms with Crippen LogP contribution in [0.5, 0.6) is 0 Å². The molecule has 0 bridgehead atoms. The molecule has 3 aromatic rings. The van der Waals surface area contributed by atoms with E-state index >= 15 is 0 Å². The van der Waals surface area contributed by atoms with Gasteiger partial charge in [0, 0.05) is 37.7 Å². The van der Waals surface area contributed by atoms with Crippen molar-refractivity contribution in [2.24, 2.45) is 5.41 Å². The van der Waals surface area contributed by atoms with Crippen LogP contribution in [0.4, 0.5) is 4.39 Å². The summed E-state index contributed by atoms with van der Waals surface area (Å²) in [6.07, 6.45) is 2.02. The zero-order chi connectivity index (χ0) is 22.1. The fraction of sp³-hybridized carbons (Fsp3) is 0.320. The maximum Gasteiger partial charge on any atom is 0.274 e. The summed E-state index contributed by atoms with van der Waals surface area (Å²) in [5.41, 5.74) is 1.12. The molecule has 1 unspecified atom stereocenters. The van der Waals surface area contributed by atoms with Crippen LogP contribution in [0.15, 0.2) is 71.5 Å². The van der Waals surface area contributed by atoms with Gasteiger partial charge in [0.1, 0.15) is 17.2 Å². The quantitative estimate of drug-likeness (QED) is 0.636. The van der Waals surface area contributed by atoms with Crippen molar-refractivity contribution in [2.75, 3.05) is 26.2 Å². The summed E-state index contributed by atoms with van der Waals surface area (Å²) in [5.74, 6) is -0.773. The molecule has 32 heavy (non-hydrogen) atoms. The molecule has 1 spiro atoms. The summed E-state index contributed by atoms with van der Waals surface area (Å²) in [4.78, 5) is 29.7. The number of benzene rings is 2. The van der Waals surface area contributed by atoms with Crippen molar-refractivity contribution in [3.63, 3.8) is 0 Å². The SMILES string of the molecule is O=C(c1ccc(=O)n(-c2ccccc2F)n1)N1CCC2(CCN(Cc3ccccc3)C2)C1. The predicted octanol–water partition coefficient (Wildman–Crippen LogP) is 3.11. The van der Waals surface area contributed by atoms with Crippen molar-refractivity contribution in [3.05, 3.63) is 94.2 Å². The second kappa shape index (κ2) is 8.31. The van der Waals surface area contributed by atoms with E-state index in [2.05, 4.69) is 34.3 Å². The van der Waals surface area contributed by atoms with Crippen LogP contribution in [-0.2, 0) is 6.54 Å². The molecule has 0 N–H and O–H groups in total. The Morgan fingerprint density at radius 2 is 1.69 bits per heavy atom. The Labute approximate surface area is 185 Å². The van der Waals surface area contributed by atoms with Gasteiger partial charge in [0.25, 0.3) is 11.5 Å². The first-order chi connectivity index (χ1) is 15.5. The van der Waals surface area contributed by atoms with Gasteiger partial charge in [-0.2, -0.15) is 9.78 Å². The zero-order valence-corrected chi connectivity index (χ0v) is 17.8. The highest BCUT2D eigenvalue weighted by molar-refractivity contribution is 5.92. The first-order valence-corrected chi connectivity index (χ1v) is 10.9. The van der Waals surface area contributed by atoms with Gasteiger partial charge in [0.05, 0.1) is 0 Å².